The van der Waals surface area contributed by atoms with Crippen LogP contribution in [0.3, 0.4) is 0 Å². The molecule has 0 aliphatic carbocycles. The first kappa shape index (κ1) is 16.3. The molecule has 4 rings (SSSR count). The molecule has 6 heteroatoms. The maximum atomic E-state index is 12.6. The second-order valence-electron chi connectivity index (χ2n) is 7.24. The number of H-pyrrole nitrogens is 1. The Morgan fingerprint density at radius 1 is 1.16 bits per heavy atom. The summed E-state index contributed by atoms with van der Waals surface area (Å²) < 4.78 is 0. The van der Waals surface area contributed by atoms with Gasteiger partial charge in [-0.2, -0.15) is 5.10 Å². The molecule has 2 aromatic rings. The number of aromatic amines is 1. The summed E-state index contributed by atoms with van der Waals surface area (Å²) in [6, 6.07) is 9.62. The van der Waals surface area contributed by atoms with Gasteiger partial charge in [-0.3, -0.25) is 9.89 Å². The molecular weight excluding hydrogens is 314 g/mol. The van der Waals surface area contributed by atoms with Crippen molar-refractivity contribution in [3.63, 3.8) is 0 Å². The minimum absolute atomic E-state index is 0.168. The summed E-state index contributed by atoms with van der Waals surface area (Å²) >= 11 is 0. The summed E-state index contributed by atoms with van der Waals surface area (Å²) in [7, 11) is 0. The fourth-order valence-electron chi connectivity index (χ4n) is 4.15. The Morgan fingerprint density at radius 2 is 2.04 bits per heavy atom. The Balaban J connectivity index is 1.31. The highest BCUT2D eigenvalue weighted by Crippen LogP contribution is 2.26. The van der Waals surface area contributed by atoms with Crippen molar-refractivity contribution < 1.29 is 4.79 Å². The lowest BCUT2D eigenvalue weighted by atomic mass is 9.96. The standard InChI is InChI=1S/C19H25N5O/c25-19(16-5-2-1-3-6-16)24-10-8-15(12-24)11-23-9-4-7-17(13-23)18-20-14-21-22-18/h1-3,5-6,14-15,17H,4,7-13H2,(H,20,21,22)/t15-,17-/m0/s1. The number of carbonyl (C=O) groups excluding carboxylic acids is 1. The van der Waals surface area contributed by atoms with Crippen LogP contribution in [0.15, 0.2) is 36.7 Å². The monoisotopic (exact) mass is 339 g/mol. The summed E-state index contributed by atoms with van der Waals surface area (Å²) in [5.74, 6) is 2.21. The van der Waals surface area contributed by atoms with Crippen LogP contribution in [-0.2, 0) is 0 Å². The number of benzene rings is 1. The highest BCUT2D eigenvalue weighted by atomic mass is 16.2. The molecule has 0 spiro atoms. The molecule has 1 N–H and O–H groups in total. The van der Waals surface area contributed by atoms with Gasteiger partial charge in [0.25, 0.3) is 5.91 Å². The van der Waals surface area contributed by atoms with E-state index in [9.17, 15) is 4.79 Å². The van der Waals surface area contributed by atoms with E-state index in [4.69, 9.17) is 0 Å². The van der Waals surface area contributed by atoms with Crippen molar-refractivity contribution in [2.45, 2.75) is 25.2 Å². The van der Waals surface area contributed by atoms with E-state index in [0.717, 1.165) is 50.5 Å². The number of nitrogens with zero attached hydrogens (tertiary/aromatic N) is 4. The van der Waals surface area contributed by atoms with Crippen molar-refractivity contribution in [1.82, 2.24) is 25.0 Å². The second-order valence-corrected chi connectivity index (χ2v) is 7.24. The lowest BCUT2D eigenvalue weighted by Gasteiger charge is -2.33. The molecule has 2 aliphatic heterocycles. The number of aromatic nitrogens is 3. The number of carbonyl (C=O) groups is 1. The first-order valence-electron chi connectivity index (χ1n) is 9.21. The molecular formula is C19H25N5O. The van der Waals surface area contributed by atoms with Crippen LogP contribution in [0.2, 0.25) is 0 Å². The van der Waals surface area contributed by atoms with Crippen molar-refractivity contribution in [3.05, 3.63) is 48.0 Å². The van der Waals surface area contributed by atoms with E-state index >= 15 is 0 Å². The van der Waals surface area contributed by atoms with Gasteiger partial charge in [-0.25, -0.2) is 4.98 Å². The summed E-state index contributed by atoms with van der Waals surface area (Å²) in [5.41, 5.74) is 0.798. The number of piperidine rings is 1. The van der Waals surface area contributed by atoms with Crippen molar-refractivity contribution in [2.75, 3.05) is 32.7 Å². The third-order valence-corrected chi connectivity index (χ3v) is 5.44. The molecule has 3 heterocycles. The van der Waals surface area contributed by atoms with Gasteiger partial charge in [-0.05, 0) is 43.9 Å². The fourth-order valence-corrected chi connectivity index (χ4v) is 4.15. The SMILES string of the molecule is O=C(c1ccccc1)N1CC[C@@H](CN2CCC[C@H](c3ncn[nH]3)C2)C1. The molecule has 0 radical (unpaired) electrons. The molecule has 0 bridgehead atoms. The van der Waals surface area contributed by atoms with E-state index < -0.39 is 0 Å². The molecule has 2 saturated heterocycles. The molecule has 1 amide bonds. The van der Waals surface area contributed by atoms with Crippen LogP contribution >= 0.6 is 0 Å². The number of rotatable bonds is 4. The number of nitrogens with one attached hydrogen (secondary N) is 1. The summed E-state index contributed by atoms with van der Waals surface area (Å²) in [6.45, 7) is 5.00. The number of hydrogen-bond donors (Lipinski definition) is 1. The van der Waals surface area contributed by atoms with Gasteiger partial charge in [0.05, 0.1) is 0 Å². The van der Waals surface area contributed by atoms with Gasteiger partial charge in [0, 0.05) is 37.7 Å². The summed E-state index contributed by atoms with van der Waals surface area (Å²) in [6.07, 6.45) is 5.07. The molecule has 2 atom stereocenters. The molecule has 6 nitrogen and oxygen atoms in total. The van der Waals surface area contributed by atoms with Crippen molar-refractivity contribution in [2.24, 2.45) is 5.92 Å². The van der Waals surface area contributed by atoms with Gasteiger partial charge in [-0.15, -0.1) is 0 Å². The zero-order valence-electron chi connectivity index (χ0n) is 14.5. The Labute approximate surface area is 148 Å². The lowest BCUT2D eigenvalue weighted by Crippen LogP contribution is -2.39. The summed E-state index contributed by atoms with van der Waals surface area (Å²) in [4.78, 5) is 21.5. The predicted octanol–water partition coefficient (Wildman–Crippen LogP) is 2.15. The first-order valence-corrected chi connectivity index (χ1v) is 9.21. The van der Waals surface area contributed by atoms with Crippen LogP contribution < -0.4 is 0 Å². The molecule has 25 heavy (non-hydrogen) atoms. The van der Waals surface area contributed by atoms with Crippen LogP contribution in [0.5, 0.6) is 0 Å². The quantitative estimate of drug-likeness (QED) is 0.927. The maximum Gasteiger partial charge on any atom is 0.253 e. The number of likely N-dealkylation sites (tertiary alicyclic amines) is 2. The van der Waals surface area contributed by atoms with E-state index in [1.807, 2.05) is 35.2 Å². The van der Waals surface area contributed by atoms with Gasteiger partial charge < -0.3 is 9.80 Å². The maximum absolute atomic E-state index is 12.6. The van der Waals surface area contributed by atoms with E-state index in [1.54, 1.807) is 6.33 Å². The smallest absolute Gasteiger partial charge is 0.253 e. The molecule has 2 aliphatic rings. The van der Waals surface area contributed by atoms with Crippen LogP contribution in [0.25, 0.3) is 0 Å². The molecule has 2 fully saturated rings. The van der Waals surface area contributed by atoms with Crippen molar-refractivity contribution in [1.29, 1.82) is 0 Å². The average Bonchev–Trinajstić information content (AvgIpc) is 3.34. The minimum Gasteiger partial charge on any atom is -0.338 e. The van der Waals surface area contributed by atoms with Crippen LogP contribution in [0, 0.1) is 5.92 Å². The van der Waals surface area contributed by atoms with Crippen molar-refractivity contribution >= 4 is 5.91 Å². The zero-order valence-corrected chi connectivity index (χ0v) is 14.5. The lowest BCUT2D eigenvalue weighted by molar-refractivity contribution is 0.0781. The van der Waals surface area contributed by atoms with Crippen molar-refractivity contribution in [3.8, 4) is 0 Å². The fraction of sp³-hybridized carbons (Fsp3) is 0.526. The Morgan fingerprint density at radius 3 is 2.84 bits per heavy atom. The van der Waals surface area contributed by atoms with Gasteiger partial charge in [0.15, 0.2) is 0 Å². The van der Waals surface area contributed by atoms with Crippen LogP contribution in [0.4, 0.5) is 0 Å². The van der Waals surface area contributed by atoms with Gasteiger partial charge in [0.2, 0.25) is 0 Å². The van der Waals surface area contributed by atoms with E-state index in [2.05, 4.69) is 20.1 Å². The van der Waals surface area contributed by atoms with Crippen LogP contribution in [-0.4, -0.2) is 63.6 Å². The van der Waals surface area contributed by atoms with E-state index in [0.29, 0.717) is 11.8 Å². The third-order valence-electron chi connectivity index (χ3n) is 5.44. The van der Waals surface area contributed by atoms with Gasteiger partial charge in [-0.1, -0.05) is 18.2 Å². The molecule has 1 aromatic carbocycles. The largest absolute Gasteiger partial charge is 0.338 e. The van der Waals surface area contributed by atoms with Gasteiger partial charge >= 0.3 is 0 Å². The van der Waals surface area contributed by atoms with E-state index in [-0.39, 0.29) is 5.91 Å². The molecule has 1 aromatic heterocycles. The second kappa shape index (κ2) is 7.35. The molecule has 0 unspecified atom stereocenters. The average molecular weight is 339 g/mol. The summed E-state index contributed by atoms with van der Waals surface area (Å²) in [5, 5.41) is 7.01. The highest BCUT2D eigenvalue weighted by molar-refractivity contribution is 5.94. The number of amides is 1. The Bertz CT molecular complexity index is 687. The molecule has 132 valence electrons. The Kier molecular flexibility index (Phi) is 4.78. The Hall–Kier alpha value is -2.21. The normalized spacial score (nSPS) is 24.6. The van der Waals surface area contributed by atoms with Crippen LogP contribution in [0.1, 0.15) is 41.4 Å². The topological polar surface area (TPSA) is 65.1 Å². The minimum atomic E-state index is 0.168. The van der Waals surface area contributed by atoms with E-state index in [1.165, 1.54) is 12.8 Å². The highest BCUT2D eigenvalue weighted by Gasteiger charge is 2.30. The molecule has 0 saturated carbocycles. The zero-order chi connectivity index (χ0) is 17.1. The first-order chi connectivity index (χ1) is 12.3. The predicted molar refractivity (Wildman–Crippen MR) is 95.3 cm³/mol. The number of hydrogen-bond acceptors (Lipinski definition) is 4. The third kappa shape index (κ3) is 3.74. The van der Waals surface area contributed by atoms with Gasteiger partial charge in [0.1, 0.15) is 12.2 Å².